The number of pyridine rings is 1. The third-order valence-electron chi connectivity index (χ3n) is 3.48. The number of hydrogen-bond donors (Lipinski definition) is 1. The fourth-order valence-corrected chi connectivity index (χ4v) is 2.48. The first-order chi connectivity index (χ1) is 9.24. The van der Waals surface area contributed by atoms with Gasteiger partial charge in [0.15, 0.2) is 0 Å². The molecule has 0 unspecified atom stereocenters. The molecule has 3 heterocycles. The second-order valence-electron chi connectivity index (χ2n) is 5.14. The van der Waals surface area contributed by atoms with E-state index in [2.05, 4.69) is 26.5 Å². The minimum absolute atomic E-state index is 0.195. The molecule has 3 rings (SSSR count). The van der Waals surface area contributed by atoms with E-state index in [1.807, 2.05) is 20.0 Å². The fraction of sp³-hybridized carbons (Fsp3) is 0.500. The largest absolute Gasteiger partial charge is 0.337 e. The van der Waals surface area contributed by atoms with Gasteiger partial charge in [0.2, 0.25) is 11.7 Å². The Kier molecular flexibility index (Phi) is 3.29. The van der Waals surface area contributed by atoms with Gasteiger partial charge in [-0.2, -0.15) is 4.98 Å². The van der Waals surface area contributed by atoms with Crippen molar-refractivity contribution in [2.75, 3.05) is 6.54 Å². The van der Waals surface area contributed by atoms with Crippen LogP contribution in [0.25, 0.3) is 11.5 Å². The highest BCUT2D eigenvalue weighted by Gasteiger charge is 2.22. The van der Waals surface area contributed by atoms with Crippen molar-refractivity contribution in [2.45, 2.75) is 39.2 Å². The molecule has 0 bridgehead atoms. The maximum absolute atomic E-state index is 5.38. The van der Waals surface area contributed by atoms with Crippen LogP contribution in [0, 0.1) is 13.8 Å². The topological polar surface area (TPSA) is 63.8 Å². The van der Waals surface area contributed by atoms with Gasteiger partial charge in [-0.1, -0.05) is 17.6 Å². The molecule has 1 aliphatic heterocycles. The molecule has 2 aromatic heterocycles. The molecular formula is C14H18N4O. The van der Waals surface area contributed by atoms with Crippen molar-refractivity contribution in [3.63, 3.8) is 0 Å². The van der Waals surface area contributed by atoms with E-state index in [1.54, 1.807) is 0 Å². The summed E-state index contributed by atoms with van der Waals surface area (Å²) in [5, 5.41) is 7.47. The molecule has 1 fully saturated rings. The van der Waals surface area contributed by atoms with Crippen LogP contribution in [0.15, 0.2) is 16.8 Å². The highest BCUT2D eigenvalue weighted by molar-refractivity contribution is 5.54. The summed E-state index contributed by atoms with van der Waals surface area (Å²) < 4.78 is 5.38. The van der Waals surface area contributed by atoms with Crippen molar-refractivity contribution in [2.24, 2.45) is 0 Å². The van der Waals surface area contributed by atoms with Crippen LogP contribution in [0.1, 0.15) is 42.3 Å². The highest BCUT2D eigenvalue weighted by atomic mass is 16.5. The van der Waals surface area contributed by atoms with Crippen molar-refractivity contribution < 1.29 is 4.52 Å². The van der Waals surface area contributed by atoms with E-state index in [1.165, 1.54) is 12.8 Å². The van der Waals surface area contributed by atoms with Gasteiger partial charge in [-0.15, -0.1) is 0 Å². The van der Waals surface area contributed by atoms with E-state index in [0.717, 1.165) is 29.8 Å². The number of rotatable bonds is 2. The first-order valence-electron chi connectivity index (χ1n) is 6.74. The number of hydrogen-bond acceptors (Lipinski definition) is 5. The summed E-state index contributed by atoms with van der Waals surface area (Å²) in [5.41, 5.74) is 3.01. The van der Waals surface area contributed by atoms with Crippen molar-refractivity contribution in [3.8, 4) is 11.5 Å². The van der Waals surface area contributed by atoms with Crippen LogP contribution in [-0.2, 0) is 0 Å². The number of piperidine rings is 1. The van der Waals surface area contributed by atoms with Crippen LogP contribution in [0.4, 0.5) is 0 Å². The van der Waals surface area contributed by atoms with Crippen LogP contribution < -0.4 is 5.32 Å². The number of aryl methyl sites for hydroxylation is 2. The lowest BCUT2D eigenvalue weighted by Gasteiger charge is -2.19. The Labute approximate surface area is 112 Å². The summed E-state index contributed by atoms with van der Waals surface area (Å²) in [6, 6.07) is 2.28. The Morgan fingerprint density at radius 2 is 2.21 bits per heavy atom. The van der Waals surface area contributed by atoms with Crippen molar-refractivity contribution in [1.29, 1.82) is 0 Å². The first-order valence-corrected chi connectivity index (χ1v) is 6.74. The standard InChI is InChI=1S/C14H18N4O/c1-9-7-10(2)12(16-8-9)13-17-14(19-18-13)11-5-3-4-6-15-11/h7-8,11,15H,3-6H2,1-2H3/t11-/m0/s1. The third-order valence-corrected chi connectivity index (χ3v) is 3.48. The van der Waals surface area contributed by atoms with Gasteiger partial charge < -0.3 is 9.84 Å². The molecule has 1 atom stereocenters. The summed E-state index contributed by atoms with van der Waals surface area (Å²) in [5.74, 6) is 1.26. The molecule has 1 saturated heterocycles. The Morgan fingerprint density at radius 3 is 2.95 bits per heavy atom. The van der Waals surface area contributed by atoms with E-state index in [0.29, 0.717) is 11.7 Å². The summed E-state index contributed by atoms with van der Waals surface area (Å²) in [4.78, 5) is 8.89. The molecule has 0 aromatic carbocycles. The van der Waals surface area contributed by atoms with Gasteiger partial charge in [0, 0.05) is 6.20 Å². The van der Waals surface area contributed by atoms with Gasteiger partial charge >= 0.3 is 0 Å². The monoisotopic (exact) mass is 258 g/mol. The van der Waals surface area contributed by atoms with Crippen molar-refractivity contribution in [1.82, 2.24) is 20.4 Å². The van der Waals surface area contributed by atoms with Gasteiger partial charge in [-0.05, 0) is 44.4 Å². The number of aromatic nitrogens is 3. The predicted octanol–water partition coefficient (Wildman–Crippen LogP) is 2.56. The van der Waals surface area contributed by atoms with Crippen LogP contribution in [0.5, 0.6) is 0 Å². The lowest BCUT2D eigenvalue weighted by atomic mass is 10.1. The average molecular weight is 258 g/mol. The van der Waals surface area contributed by atoms with E-state index >= 15 is 0 Å². The Morgan fingerprint density at radius 1 is 1.32 bits per heavy atom. The smallest absolute Gasteiger partial charge is 0.244 e. The fourth-order valence-electron chi connectivity index (χ4n) is 2.48. The van der Waals surface area contributed by atoms with Crippen LogP contribution in [-0.4, -0.2) is 21.7 Å². The number of nitrogens with zero attached hydrogens (tertiary/aromatic N) is 3. The zero-order chi connectivity index (χ0) is 13.2. The zero-order valence-corrected chi connectivity index (χ0v) is 11.3. The molecule has 0 spiro atoms. The van der Waals surface area contributed by atoms with E-state index in [9.17, 15) is 0 Å². The van der Waals surface area contributed by atoms with Gasteiger partial charge in [-0.25, -0.2) is 0 Å². The Balaban J connectivity index is 1.87. The quantitative estimate of drug-likeness (QED) is 0.896. The normalized spacial score (nSPS) is 19.6. The third kappa shape index (κ3) is 2.51. The second kappa shape index (κ2) is 5.09. The lowest BCUT2D eigenvalue weighted by Crippen LogP contribution is -2.26. The number of nitrogens with one attached hydrogen (secondary N) is 1. The molecule has 1 N–H and O–H groups in total. The first kappa shape index (κ1) is 12.3. The molecule has 0 aliphatic carbocycles. The van der Waals surface area contributed by atoms with Crippen LogP contribution in [0.2, 0.25) is 0 Å². The summed E-state index contributed by atoms with van der Waals surface area (Å²) in [6.07, 6.45) is 5.31. The second-order valence-corrected chi connectivity index (χ2v) is 5.14. The molecule has 0 radical (unpaired) electrons. The Bertz CT molecular complexity index is 573. The maximum atomic E-state index is 5.38. The van der Waals surface area contributed by atoms with Crippen molar-refractivity contribution in [3.05, 3.63) is 29.3 Å². The minimum Gasteiger partial charge on any atom is -0.337 e. The van der Waals surface area contributed by atoms with Gasteiger partial charge in [0.25, 0.3) is 0 Å². The Hall–Kier alpha value is -1.75. The molecule has 100 valence electrons. The molecule has 5 heteroatoms. The summed E-state index contributed by atoms with van der Waals surface area (Å²) >= 11 is 0. The van der Waals surface area contributed by atoms with Crippen LogP contribution >= 0.6 is 0 Å². The highest BCUT2D eigenvalue weighted by Crippen LogP contribution is 2.24. The maximum Gasteiger partial charge on any atom is 0.244 e. The predicted molar refractivity (Wildman–Crippen MR) is 71.6 cm³/mol. The molecule has 0 saturated carbocycles. The molecular weight excluding hydrogens is 240 g/mol. The molecule has 5 nitrogen and oxygen atoms in total. The van der Waals surface area contributed by atoms with E-state index in [4.69, 9.17) is 4.52 Å². The molecule has 0 amide bonds. The molecule has 1 aliphatic rings. The van der Waals surface area contributed by atoms with Crippen molar-refractivity contribution >= 4 is 0 Å². The van der Waals surface area contributed by atoms with Gasteiger partial charge in [0.1, 0.15) is 5.69 Å². The SMILES string of the molecule is Cc1cnc(-c2noc([C@@H]3CCCCN3)n2)c(C)c1. The minimum atomic E-state index is 0.195. The molecule has 2 aromatic rings. The molecule has 19 heavy (non-hydrogen) atoms. The average Bonchev–Trinajstić information content (AvgIpc) is 2.89. The van der Waals surface area contributed by atoms with Gasteiger partial charge in [-0.3, -0.25) is 4.98 Å². The summed E-state index contributed by atoms with van der Waals surface area (Å²) in [7, 11) is 0. The van der Waals surface area contributed by atoms with Crippen LogP contribution in [0.3, 0.4) is 0 Å². The summed E-state index contributed by atoms with van der Waals surface area (Å²) in [6.45, 7) is 5.06. The van der Waals surface area contributed by atoms with Gasteiger partial charge in [0.05, 0.1) is 6.04 Å². The van der Waals surface area contributed by atoms with E-state index in [-0.39, 0.29) is 6.04 Å². The lowest BCUT2D eigenvalue weighted by molar-refractivity contribution is 0.297. The zero-order valence-electron chi connectivity index (χ0n) is 11.3. The van der Waals surface area contributed by atoms with E-state index < -0.39 is 0 Å².